The number of carbonyl (C=O) groups excluding carboxylic acids is 1. The number of ether oxygens (including phenoxy) is 1. The molecule has 0 radical (unpaired) electrons. The first-order valence-electron chi connectivity index (χ1n) is 7.16. The van der Waals surface area contributed by atoms with E-state index in [9.17, 15) is 27.2 Å². The van der Waals surface area contributed by atoms with E-state index < -0.39 is 46.1 Å². The Hall–Kier alpha value is -2.16. The van der Waals surface area contributed by atoms with E-state index in [2.05, 4.69) is 5.32 Å². The van der Waals surface area contributed by atoms with Crippen LogP contribution >= 0.6 is 0 Å². The first kappa shape index (κ1) is 18.2. The Morgan fingerprint density at radius 3 is 2.33 bits per heavy atom. The fourth-order valence-corrected chi connectivity index (χ4v) is 2.64. The lowest BCUT2D eigenvalue weighted by Gasteiger charge is -2.36. The van der Waals surface area contributed by atoms with Crippen LogP contribution in [0.4, 0.5) is 17.6 Å². The summed E-state index contributed by atoms with van der Waals surface area (Å²) in [5.41, 5.74) is -1.78. The summed E-state index contributed by atoms with van der Waals surface area (Å²) in [6.07, 6.45) is 0.466. The molecule has 1 aromatic rings. The molecule has 0 bridgehead atoms. The number of halogens is 4. The summed E-state index contributed by atoms with van der Waals surface area (Å²) in [6.45, 7) is 0.468. The molecule has 2 rings (SSSR count). The van der Waals surface area contributed by atoms with Gasteiger partial charge in [-0.2, -0.15) is 0 Å². The normalized spacial score (nSPS) is 16.7. The van der Waals surface area contributed by atoms with E-state index >= 15 is 0 Å². The number of hydrogen-bond donors (Lipinski definition) is 2. The van der Waals surface area contributed by atoms with Crippen LogP contribution < -0.4 is 5.32 Å². The molecule has 9 heteroatoms. The minimum absolute atomic E-state index is 0.137. The molecule has 1 amide bonds. The van der Waals surface area contributed by atoms with Gasteiger partial charge in [0.2, 0.25) is 0 Å². The Morgan fingerprint density at radius 2 is 1.75 bits per heavy atom. The number of amides is 1. The van der Waals surface area contributed by atoms with Crippen molar-refractivity contribution in [3.05, 3.63) is 34.9 Å². The van der Waals surface area contributed by atoms with Crippen molar-refractivity contribution in [2.75, 3.05) is 19.8 Å². The van der Waals surface area contributed by atoms with Crippen LogP contribution in [0, 0.1) is 28.7 Å². The van der Waals surface area contributed by atoms with Gasteiger partial charge in [0.1, 0.15) is 0 Å². The molecule has 0 saturated carbocycles. The minimum Gasteiger partial charge on any atom is -0.481 e. The summed E-state index contributed by atoms with van der Waals surface area (Å²) >= 11 is 0. The molecule has 1 aliphatic heterocycles. The number of nitrogens with one attached hydrogen (secondary N) is 1. The lowest BCUT2D eigenvalue weighted by atomic mass is 9.77. The van der Waals surface area contributed by atoms with Crippen molar-refractivity contribution in [3.8, 4) is 0 Å². The number of benzene rings is 1. The van der Waals surface area contributed by atoms with E-state index in [4.69, 9.17) is 9.84 Å². The standard InChI is InChI=1S/C15H15F4NO4/c16-9-5-8(11(17)13(19)12(9)18)14(23)20-7-15(6-10(21)22)1-3-24-4-2-15/h5H,1-4,6-7H2,(H,20,23)(H,21,22). The van der Waals surface area contributed by atoms with Gasteiger partial charge >= 0.3 is 5.97 Å². The average molecular weight is 349 g/mol. The van der Waals surface area contributed by atoms with Crippen molar-refractivity contribution < 1.29 is 37.0 Å². The van der Waals surface area contributed by atoms with Gasteiger partial charge in [0.25, 0.3) is 5.91 Å². The summed E-state index contributed by atoms with van der Waals surface area (Å²) in [5, 5.41) is 11.3. The van der Waals surface area contributed by atoms with E-state index in [0.717, 1.165) is 0 Å². The van der Waals surface area contributed by atoms with E-state index in [1.165, 1.54) is 0 Å². The fourth-order valence-electron chi connectivity index (χ4n) is 2.64. The molecular weight excluding hydrogens is 334 g/mol. The number of rotatable bonds is 5. The van der Waals surface area contributed by atoms with E-state index in [-0.39, 0.29) is 19.0 Å². The zero-order chi connectivity index (χ0) is 17.9. The Morgan fingerprint density at radius 1 is 1.12 bits per heavy atom. The summed E-state index contributed by atoms with van der Waals surface area (Å²) in [6, 6.07) is 0.261. The highest BCUT2D eigenvalue weighted by atomic mass is 19.2. The Labute approximate surface area is 134 Å². The summed E-state index contributed by atoms with van der Waals surface area (Å²) in [4.78, 5) is 23.0. The van der Waals surface area contributed by atoms with Crippen molar-refractivity contribution in [1.29, 1.82) is 0 Å². The Balaban J connectivity index is 2.15. The second-order valence-electron chi connectivity index (χ2n) is 5.71. The van der Waals surface area contributed by atoms with Gasteiger partial charge in [0, 0.05) is 25.2 Å². The van der Waals surface area contributed by atoms with Gasteiger partial charge in [-0.25, -0.2) is 17.6 Å². The molecule has 1 saturated heterocycles. The monoisotopic (exact) mass is 349 g/mol. The third-order valence-electron chi connectivity index (χ3n) is 4.05. The second-order valence-corrected chi connectivity index (χ2v) is 5.71. The summed E-state index contributed by atoms with van der Waals surface area (Å²) < 4.78 is 58.0. The highest BCUT2D eigenvalue weighted by Gasteiger charge is 2.36. The zero-order valence-electron chi connectivity index (χ0n) is 12.5. The van der Waals surface area contributed by atoms with Crippen LogP contribution in [0.2, 0.25) is 0 Å². The maximum atomic E-state index is 13.6. The molecule has 0 atom stereocenters. The van der Waals surface area contributed by atoms with Gasteiger partial charge in [-0.05, 0) is 18.9 Å². The maximum absolute atomic E-state index is 13.6. The number of aliphatic carboxylic acids is 1. The molecule has 24 heavy (non-hydrogen) atoms. The minimum atomic E-state index is -2.08. The van der Waals surface area contributed by atoms with Gasteiger partial charge in [-0.3, -0.25) is 9.59 Å². The molecule has 5 nitrogen and oxygen atoms in total. The molecule has 1 heterocycles. The van der Waals surface area contributed by atoms with Crippen molar-refractivity contribution in [3.63, 3.8) is 0 Å². The third kappa shape index (κ3) is 3.84. The van der Waals surface area contributed by atoms with Crippen molar-refractivity contribution in [2.24, 2.45) is 5.41 Å². The van der Waals surface area contributed by atoms with Crippen LogP contribution in [0.25, 0.3) is 0 Å². The third-order valence-corrected chi connectivity index (χ3v) is 4.05. The van der Waals surface area contributed by atoms with Crippen LogP contribution in [0.1, 0.15) is 29.6 Å². The van der Waals surface area contributed by atoms with E-state index in [0.29, 0.717) is 26.1 Å². The lowest BCUT2D eigenvalue weighted by molar-refractivity contribution is -0.141. The average Bonchev–Trinajstić information content (AvgIpc) is 2.54. The topological polar surface area (TPSA) is 75.6 Å². The number of carboxylic acid groups (broad SMARTS) is 1. The zero-order valence-corrected chi connectivity index (χ0v) is 12.5. The van der Waals surface area contributed by atoms with Crippen LogP contribution in [0.3, 0.4) is 0 Å². The summed E-state index contributed by atoms with van der Waals surface area (Å²) in [5.74, 6) is -9.80. The van der Waals surface area contributed by atoms with Crippen molar-refractivity contribution in [1.82, 2.24) is 5.32 Å². The predicted octanol–water partition coefficient (Wildman–Crippen LogP) is 2.24. The summed E-state index contributed by atoms with van der Waals surface area (Å²) in [7, 11) is 0. The number of carbonyl (C=O) groups is 2. The molecule has 2 N–H and O–H groups in total. The Bertz CT molecular complexity index is 659. The fraction of sp³-hybridized carbons (Fsp3) is 0.467. The van der Waals surface area contributed by atoms with Gasteiger partial charge in [-0.15, -0.1) is 0 Å². The van der Waals surface area contributed by atoms with Crippen molar-refractivity contribution >= 4 is 11.9 Å². The van der Waals surface area contributed by atoms with Gasteiger partial charge < -0.3 is 15.2 Å². The molecule has 0 unspecified atom stereocenters. The molecule has 0 aliphatic carbocycles. The van der Waals surface area contributed by atoms with E-state index in [1.807, 2.05) is 0 Å². The maximum Gasteiger partial charge on any atom is 0.303 e. The van der Waals surface area contributed by atoms with Gasteiger partial charge in [0.05, 0.1) is 12.0 Å². The van der Waals surface area contributed by atoms with Crippen LogP contribution in [0.15, 0.2) is 6.07 Å². The number of carboxylic acids is 1. The van der Waals surface area contributed by atoms with Crippen LogP contribution in [0.5, 0.6) is 0 Å². The molecule has 0 spiro atoms. The van der Waals surface area contributed by atoms with Gasteiger partial charge in [0.15, 0.2) is 23.3 Å². The first-order chi connectivity index (χ1) is 11.3. The Kier molecular flexibility index (Phi) is 5.43. The number of hydrogen-bond acceptors (Lipinski definition) is 3. The smallest absolute Gasteiger partial charge is 0.303 e. The molecule has 132 valence electrons. The van der Waals surface area contributed by atoms with Crippen LogP contribution in [-0.4, -0.2) is 36.7 Å². The lowest BCUT2D eigenvalue weighted by Crippen LogP contribution is -2.43. The SMILES string of the molecule is O=C(O)CC1(CNC(=O)c2cc(F)c(F)c(F)c2F)CCOCC1. The van der Waals surface area contributed by atoms with Crippen molar-refractivity contribution in [2.45, 2.75) is 19.3 Å². The molecule has 1 fully saturated rings. The quantitative estimate of drug-likeness (QED) is 0.486. The molecular formula is C15H15F4NO4. The highest BCUT2D eigenvalue weighted by molar-refractivity contribution is 5.94. The van der Waals surface area contributed by atoms with Crippen LogP contribution in [-0.2, 0) is 9.53 Å². The highest BCUT2D eigenvalue weighted by Crippen LogP contribution is 2.33. The largest absolute Gasteiger partial charge is 0.481 e. The molecule has 0 aromatic heterocycles. The molecule has 1 aromatic carbocycles. The van der Waals surface area contributed by atoms with E-state index in [1.54, 1.807) is 0 Å². The predicted molar refractivity (Wildman–Crippen MR) is 73.3 cm³/mol. The first-order valence-corrected chi connectivity index (χ1v) is 7.16. The van der Waals surface area contributed by atoms with Gasteiger partial charge in [-0.1, -0.05) is 0 Å². The second kappa shape index (κ2) is 7.16. The molecule has 1 aliphatic rings.